The number of hydrogen-bond donors (Lipinski definition) is 1. The summed E-state index contributed by atoms with van der Waals surface area (Å²) in [7, 11) is -0.802. The minimum atomic E-state index is -0.802. The summed E-state index contributed by atoms with van der Waals surface area (Å²) >= 11 is 0. The molecule has 3 nitrogen and oxygen atoms in total. The molecule has 0 aromatic carbocycles. The number of nitrogens with zero attached hydrogens (tertiary/aromatic N) is 1. The lowest BCUT2D eigenvalue weighted by molar-refractivity contribution is 0.676. The van der Waals surface area contributed by atoms with E-state index in [0.717, 1.165) is 11.3 Å². The zero-order chi connectivity index (χ0) is 10.6. The van der Waals surface area contributed by atoms with E-state index in [1.165, 1.54) is 0 Å². The SMILES string of the molecule is CC(C)S(=O)Cc1ccnc(CN)c1. The van der Waals surface area contributed by atoms with Crippen molar-refractivity contribution in [2.24, 2.45) is 5.73 Å². The van der Waals surface area contributed by atoms with Crippen LogP contribution in [-0.4, -0.2) is 14.4 Å². The molecule has 0 radical (unpaired) electrons. The van der Waals surface area contributed by atoms with Crippen LogP contribution in [0.3, 0.4) is 0 Å². The van der Waals surface area contributed by atoms with Crippen molar-refractivity contribution in [3.05, 3.63) is 29.6 Å². The summed E-state index contributed by atoms with van der Waals surface area (Å²) in [5, 5.41) is 0.199. The van der Waals surface area contributed by atoms with Crippen LogP contribution < -0.4 is 5.73 Å². The van der Waals surface area contributed by atoms with E-state index in [2.05, 4.69) is 4.98 Å². The smallest absolute Gasteiger partial charge is 0.0542 e. The number of nitrogens with two attached hydrogens (primary N) is 1. The molecule has 0 amide bonds. The fraction of sp³-hybridized carbons (Fsp3) is 0.500. The van der Waals surface area contributed by atoms with Crippen molar-refractivity contribution in [1.82, 2.24) is 4.98 Å². The molecule has 0 aliphatic carbocycles. The van der Waals surface area contributed by atoms with Crippen LogP contribution in [0.4, 0.5) is 0 Å². The summed E-state index contributed by atoms with van der Waals surface area (Å²) < 4.78 is 11.6. The van der Waals surface area contributed by atoms with Gasteiger partial charge in [-0.15, -0.1) is 0 Å². The molecule has 4 heteroatoms. The first-order chi connectivity index (χ1) is 6.63. The van der Waals surface area contributed by atoms with Gasteiger partial charge in [0.05, 0.1) is 5.69 Å². The molecule has 0 spiro atoms. The van der Waals surface area contributed by atoms with Gasteiger partial charge in [0, 0.05) is 34.5 Å². The average molecular weight is 212 g/mol. The van der Waals surface area contributed by atoms with Crippen LogP contribution in [0.5, 0.6) is 0 Å². The topological polar surface area (TPSA) is 56.0 Å². The number of pyridine rings is 1. The highest BCUT2D eigenvalue weighted by Crippen LogP contribution is 2.07. The number of aromatic nitrogens is 1. The van der Waals surface area contributed by atoms with Crippen LogP contribution >= 0.6 is 0 Å². The Labute approximate surface area is 87.2 Å². The average Bonchev–Trinajstić information content (AvgIpc) is 2.18. The van der Waals surface area contributed by atoms with E-state index in [4.69, 9.17) is 5.73 Å². The van der Waals surface area contributed by atoms with E-state index in [0.29, 0.717) is 12.3 Å². The first kappa shape index (κ1) is 11.3. The molecule has 0 saturated carbocycles. The van der Waals surface area contributed by atoms with Crippen molar-refractivity contribution in [3.63, 3.8) is 0 Å². The molecule has 1 aromatic rings. The van der Waals surface area contributed by atoms with Gasteiger partial charge in [0.25, 0.3) is 0 Å². The summed E-state index contributed by atoms with van der Waals surface area (Å²) in [6.45, 7) is 4.35. The lowest BCUT2D eigenvalue weighted by atomic mass is 10.2. The van der Waals surface area contributed by atoms with Crippen molar-refractivity contribution in [2.75, 3.05) is 0 Å². The maximum Gasteiger partial charge on any atom is 0.0542 e. The summed E-state index contributed by atoms with van der Waals surface area (Å²) in [6, 6.07) is 3.81. The number of rotatable bonds is 4. The molecule has 1 rings (SSSR count). The van der Waals surface area contributed by atoms with Gasteiger partial charge in [-0.1, -0.05) is 13.8 Å². The van der Waals surface area contributed by atoms with Crippen LogP contribution in [0.1, 0.15) is 25.1 Å². The molecule has 0 saturated heterocycles. The Morgan fingerprint density at radius 2 is 2.29 bits per heavy atom. The second-order valence-corrected chi connectivity index (χ2v) is 5.43. The Kier molecular flexibility index (Phi) is 4.22. The molecule has 1 heterocycles. The Morgan fingerprint density at radius 3 is 2.86 bits per heavy atom. The van der Waals surface area contributed by atoms with Crippen LogP contribution in [-0.2, 0) is 23.1 Å². The number of hydrogen-bond acceptors (Lipinski definition) is 3. The van der Waals surface area contributed by atoms with Gasteiger partial charge in [-0.25, -0.2) is 0 Å². The molecule has 0 aliphatic heterocycles. The van der Waals surface area contributed by atoms with Crippen LogP contribution in [0.25, 0.3) is 0 Å². The first-order valence-corrected chi connectivity index (χ1v) is 6.02. The minimum absolute atomic E-state index is 0.199. The normalized spacial score (nSPS) is 13.1. The zero-order valence-electron chi connectivity index (χ0n) is 8.56. The van der Waals surface area contributed by atoms with Crippen molar-refractivity contribution < 1.29 is 4.21 Å². The zero-order valence-corrected chi connectivity index (χ0v) is 9.38. The summed E-state index contributed by atoms with van der Waals surface area (Å²) in [5.41, 5.74) is 7.37. The predicted octanol–water partition coefficient (Wildman–Crippen LogP) is 1.20. The Hall–Kier alpha value is -0.740. The van der Waals surface area contributed by atoms with Gasteiger partial charge in [0.2, 0.25) is 0 Å². The molecular formula is C10H16N2OS. The highest BCUT2D eigenvalue weighted by molar-refractivity contribution is 7.84. The lowest BCUT2D eigenvalue weighted by Crippen LogP contribution is -2.08. The Bertz CT molecular complexity index is 326. The predicted molar refractivity (Wildman–Crippen MR) is 59.1 cm³/mol. The monoisotopic (exact) mass is 212 g/mol. The fourth-order valence-electron chi connectivity index (χ4n) is 1.06. The molecule has 14 heavy (non-hydrogen) atoms. The molecule has 0 fully saturated rings. The first-order valence-electron chi connectivity index (χ1n) is 4.64. The molecule has 1 aromatic heterocycles. The molecule has 2 N–H and O–H groups in total. The summed E-state index contributed by atoms with van der Waals surface area (Å²) in [6.07, 6.45) is 1.72. The molecule has 1 unspecified atom stereocenters. The lowest BCUT2D eigenvalue weighted by Gasteiger charge is -2.06. The van der Waals surface area contributed by atoms with E-state index >= 15 is 0 Å². The van der Waals surface area contributed by atoms with Crippen LogP contribution in [0, 0.1) is 0 Å². The minimum Gasteiger partial charge on any atom is -0.325 e. The van der Waals surface area contributed by atoms with Crippen molar-refractivity contribution in [1.29, 1.82) is 0 Å². The van der Waals surface area contributed by atoms with E-state index < -0.39 is 10.8 Å². The Morgan fingerprint density at radius 1 is 1.57 bits per heavy atom. The van der Waals surface area contributed by atoms with Gasteiger partial charge in [-0.3, -0.25) is 9.19 Å². The van der Waals surface area contributed by atoms with Crippen LogP contribution in [0.15, 0.2) is 18.3 Å². The van der Waals surface area contributed by atoms with Gasteiger partial charge >= 0.3 is 0 Å². The van der Waals surface area contributed by atoms with Gasteiger partial charge in [-0.05, 0) is 17.7 Å². The van der Waals surface area contributed by atoms with E-state index in [9.17, 15) is 4.21 Å². The maximum atomic E-state index is 11.6. The third-order valence-corrected chi connectivity index (χ3v) is 3.59. The third kappa shape index (κ3) is 3.20. The third-order valence-electron chi connectivity index (χ3n) is 1.92. The largest absolute Gasteiger partial charge is 0.325 e. The van der Waals surface area contributed by atoms with Gasteiger partial charge in [0.15, 0.2) is 0 Å². The van der Waals surface area contributed by atoms with Gasteiger partial charge < -0.3 is 5.73 Å². The Balaban J connectivity index is 2.72. The van der Waals surface area contributed by atoms with Gasteiger partial charge in [-0.2, -0.15) is 0 Å². The second-order valence-electron chi connectivity index (χ2n) is 3.43. The molecule has 78 valence electrons. The summed E-state index contributed by atoms with van der Waals surface area (Å²) in [5.74, 6) is 0.590. The molecular weight excluding hydrogens is 196 g/mol. The summed E-state index contributed by atoms with van der Waals surface area (Å²) in [4.78, 5) is 4.09. The van der Waals surface area contributed by atoms with Gasteiger partial charge in [0.1, 0.15) is 0 Å². The van der Waals surface area contributed by atoms with E-state index in [-0.39, 0.29) is 5.25 Å². The molecule has 1 atom stereocenters. The van der Waals surface area contributed by atoms with Crippen LogP contribution in [0.2, 0.25) is 0 Å². The highest BCUT2D eigenvalue weighted by Gasteiger charge is 2.06. The molecule has 0 bridgehead atoms. The van der Waals surface area contributed by atoms with E-state index in [1.54, 1.807) is 6.20 Å². The fourth-order valence-corrected chi connectivity index (χ4v) is 1.90. The molecule has 0 aliphatic rings. The second kappa shape index (κ2) is 5.22. The quantitative estimate of drug-likeness (QED) is 0.816. The standard InChI is InChI=1S/C10H16N2OS/c1-8(2)14(13)7-9-3-4-12-10(5-9)6-11/h3-5,8H,6-7,11H2,1-2H3. The van der Waals surface area contributed by atoms with Crippen molar-refractivity contribution in [3.8, 4) is 0 Å². The van der Waals surface area contributed by atoms with Crippen molar-refractivity contribution in [2.45, 2.75) is 31.4 Å². The van der Waals surface area contributed by atoms with Crippen molar-refractivity contribution >= 4 is 10.8 Å². The highest BCUT2D eigenvalue weighted by atomic mass is 32.2. The van der Waals surface area contributed by atoms with E-state index in [1.807, 2.05) is 26.0 Å². The maximum absolute atomic E-state index is 11.6.